The number of nitrogens with one attached hydrogen (secondary N) is 2. The highest BCUT2D eigenvalue weighted by molar-refractivity contribution is 7.89. The van der Waals surface area contributed by atoms with Crippen LogP contribution in [0, 0.1) is 11.8 Å². The second-order valence-corrected chi connectivity index (χ2v) is 14.6. The maximum absolute atomic E-state index is 14.3. The number of fused-ring (bicyclic) bond motifs is 1. The standard InChI is InChI=1S/C35H48N4O5S/c1-27(2)25-39(45(43,44)32-16-15-30-13-7-8-14-31(30)22-32)35(42,23-29-11-5-4-6-12-29)17-18-36-33(40)21-28(3)24-37-34(41)26-38-19-9-10-20-38/h4-8,11-16,22,27-28,42H,9-10,17-21,23-26H2,1-3H3,(H,36,40)(H,37,41). The minimum absolute atomic E-state index is 0.00584. The fourth-order valence-electron chi connectivity index (χ4n) is 5.85. The lowest BCUT2D eigenvalue weighted by Crippen LogP contribution is -2.55. The summed E-state index contributed by atoms with van der Waals surface area (Å²) in [5.74, 6) is -0.403. The number of amides is 2. The zero-order valence-corrected chi connectivity index (χ0v) is 27.6. The first-order valence-corrected chi connectivity index (χ1v) is 17.4. The molecule has 0 saturated carbocycles. The monoisotopic (exact) mass is 636 g/mol. The van der Waals surface area contributed by atoms with E-state index in [2.05, 4.69) is 15.5 Å². The van der Waals surface area contributed by atoms with Gasteiger partial charge < -0.3 is 15.7 Å². The molecule has 3 N–H and O–H groups in total. The molecule has 0 aliphatic carbocycles. The van der Waals surface area contributed by atoms with Gasteiger partial charge in [0.1, 0.15) is 5.72 Å². The molecule has 0 bridgehead atoms. The molecule has 0 spiro atoms. The summed E-state index contributed by atoms with van der Waals surface area (Å²) in [7, 11) is -4.13. The fourth-order valence-corrected chi connectivity index (χ4v) is 7.72. The molecule has 45 heavy (non-hydrogen) atoms. The molecular formula is C35H48N4O5S. The molecule has 2 atom stereocenters. The predicted octanol–water partition coefficient (Wildman–Crippen LogP) is 4.16. The van der Waals surface area contributed by atoms with Gasteiger partial charge in [-0.3, -0.25) is 14.5 Å². The van der Waals surface area contributed by atoms with E-state index >= 15 is 0 Å². The highest BCUT2D eigenvalue weighted by Gasteiger charge is 2.43. The van der Waals surface area contributed by atoms with Crippen molar-refractivity contribution in [3.05, 3.63) is 78.4 Å². The van der Waals surface area contributed by atoms with Crippen LogP contribution in [0.3, 0.4) is 0 Å². The van der Waals surface area contributed by atoms with Gasteiger partial charge in [-0.25, -0.2) is 8.42 Å². The van der Waals surface area contributed by atoms with Crippen molar-refractivity contribution in [2.24, 2.45) is 11.8 Å². The van der Waals surface area contributed by atoms with E-state index in [1.807, 2.05) is 75.4 Å². The lowest BCUT2D eigenvalue weighted by molar-refractivity contribution is -0.124. The molecule has 1 fully saturated rings. The molecule has 1 aliphatic rings. The minimum Gasteiger partial charge on any atom is -0.374 e. The number of rotatable bonds is 16. The van der Waals surface area contributed by atoms with Crippen LogP contribution in [0.15, 0.2) is 77.7 Å². The van der Waals surface area contributed by atoms with Gasteiger partial charge in [-0.05, 0) is 66.2 Å². The van der Waals surface area contributed by atoms with Crippen LogP contribution in [0.2, 0.25) is 0 Å². The normalized spacial score (nSPS) is 16.1. The molecule has 9 nitrogen and oxygen atoms in total. The first-order chi connectivity index (χ1) is 21.5. The number of hydrogen-bond acceptors (Lipinski definition) is 6. The molecule has 2 unspecified atom stereocenters. The first kappa shape index (κ1) is 34.6. The summed E-state index contributed by atoms with van der Waals surface area (Å²) in [6.45, 7) is 8.58. The number of benzene rings is 3. The number of sulfonamides is 1. The number of carbonyl (C=O) groups excluding carboxylic acids is 2. The van der Waals surface area contributed by atoms with E-state index in [-0.39, 0.29) is 60.9 Å². The lowest BCUT2D eigenvalue weighted by atomic mass is 9.98. The van der Waals surface area contributed by atoms with Crippen LogP contribution in [-0.2, 0) is 26.0 Å². The number of likely N-dealkylation sites (tertiary alicyclic amines) is 1. The van der Waals surface area contributed by atoms with Gasteiger partial charge in [0.15, 0.2) is 0 Å². The van der Waals surface area contributed by atoms with Crippen molar-refractivity contribution in [2.75, 3.05) is 39.3 Å². The SMILES string of the molecule is CC(C)CN(C(O)(CCNC(=O)CC(C)CNC(=O)CN1CCCC1)Cc1ccccc1)S(=O)(=O)c1ccc2ccccc2c1. The summed E-state index contributed by atoms with van der Waals surface area (Å²) in [6.07, 6.45) is 2.49. The smallest absolute Gasteiger partial charge is 0.245 e. The van der Waals surface area contributed by atoms with Crippen molar-refractivity contribution in [1.82, 2.24) is 19.8 Å². The molecule has 4 rings (SSSR count). The maximum atomic E-state index is 14.3. The Bertz CT molecular complexity index is 1530. The van der Waals surface area contributed by atoms with Crippen molar-refractivity contribution in [2.45, 2.75) is 63.5 Å². The van der Waals surface area contributed by atoms with Crippen LogP contribution < -0.4 is 10.6 Å². The third kappa shape index (κ3) is 9.84. The number of nitrogens with zero attached hydrogens (tertiary/aromatic N) is 2. The van der Waals surface area contributed by atoms with E-state index in [9.17, 15) is 23.1 Å². The van der Waals surface area contributed by atoms with Crippen LogP contribution in [0.4, 0.5) is 0 Å². The van der Waals surface area contributed by atoms with Crippen molar-refractivity contribution < 1.29 is 23.1 Å². The summed E-state index contributed by atoms with van der Waals surface area (Å²) in [4.78, 5) is 27.4. The molecule has 0 aromatic heterocycles. The number of hydrogen-bond donors (Lipinski definition) is 3. The number of carbonyl (C=O) groups is 2. The van der Waals surface area contributed by atoms with E-state index in [0.29, 0.717) is 13.1 Å². The Morgan fingerprint density at radius 2 is 1.58 bits per heavy atom. The molecule has 3 aromatic carbocycles. The third-order valence-electron chi connectivity index (χ3n) is 8.23. The second-order valence-electron chi connectivity index (χ2n) is 12.8. The number of aliphatic hydroxyl groups is 1. The van der Waals surface area contributed by atoms with Gasteiger partial charge in [0.05, 0.1) is 11.4 Å². The Hall–Kier alpha value is -3.31. The van der Waals surface area contributed by atoms with Gasteiger partial charge in [0.2, 0.25) is 21.8 Å². The Labute approximate surface area is 268 Å². The molecule has 3 aromatic rings. The highest BCUT2D eigenvalue weighted by atomic mass is 32.2. The van der Waals surface area contributed by atoms with Gasteiger partial charge in [0.25, 0.3) is 0 Å². The van der Waals surface area contributed by atoms with Gasteiger partial charge in [-0.2, -0.15) is 4.31 Å². The molecule has 0 radical (unpaired) electrons. The van der Waals surface area contributed by atoms with Crippen LogP contribution in [0.25, 0.3) is 10.8 Å². The summed E-state index contributed by atoms with van der Waals surface area (Å²) >= 11 is 0. The Morgan fingerprint density at radius 1 is 0.911 bits per heavy atom. The summed E-state index contributed by atoms with van der Waals surface area (Å²) in [6, 6.07) is 21.9. The molecule has 244 valence electrons. The Morgan fingerprint density at radius 3 is 2.27 bits per heavy atom. The second kappa shape index (κ2) is 15.8. The first-order valence-electron chi connectivity index (χ1n) is 16.0. The molecule has 2 amide bonds. The van der Waals surface area contributed by atoms with E-state index in [1.54, 1.807) is 18.2 Å². The van der Waals surface area contributed by atoms with Crippen molar-refractivity contribution in [3.8, 4) is 0 Å². The molecule has 1 heterocycles. The quantitative estimate of drug-likeness (QED) is 0.203. The van der Waals surface area contributed by atoms with Crippen LogP contribution in [0.5, 0.6) is 0 Å². The largest absolute Gasteiger partial charge is 0.374 e. The zero-order chi connectivity index (χ0) is 32.5. The van der Waals surface area contributed by atoms with E-state index in [0.717, 1.165) is 42.3 Å². The minimum atomic E-state index is -4.13. The van der Waals surface area contributed by atoms with Crippen molar-refractivity contribution >= 4 is 32.6 Å². The van der Waals surface area contributed by atoms with Gasteiger partial charge >= 0.3 is 0 Å². The van der Waals surface area contributed by atoms with Crippen LogP contribution in [0.1, 0.15) is 52.0 Å². The van der Waals surface area contributed by atoms with Crippen LogP contribution in [-0.4, -0.2) is 79.5 Å². The fraction of sp³-hybridized carbons (Fsp3) is 0.486. The van der Waals surface area contributed by atoms with E-state index in [4.69, 9.17) is 0 Å². The molecule has 10 heteroatoms. The zero-order valence-electron chi connectivity index (χ0n) is 26.7. The maximum Gasteiger partial charge on any atom is 0.245 e. The molecular weight excluding hydrogens is 588 g/mol. The lowest BCUT2D eigenvalue weighted by Gasteiger charge is -2.40. The van der Waals surface area contributed by atoms with E-state index < -0.39 is 15.7 Å². The average Bonchev–Trinajstić information content (AvgIpc) is 3.52. The molecule has 1 aliphatic heterocycles. The van der Waals surface area contributed by atoms with Gasteiger partial charge in [-0.1, -0.05) is 81.4 Å². The summed E-state index contributed by atoms with van der Waals surface area (Å²) in [5, 5.41) is 19.8. The Balaban J connectivity index is 1.46. The Kier molecular flexibility index (Phi) is 12.1. The summed E-state index contributed by atoms with van der Waals surface area (Å²) in [5.41, 5.74) is -1.02. The van der Waals surface area contributed by atoms with Crippen molar-refractivity contribution in [3.63, 3.8) is 0 Å². The van der Waals surface area contributed by atoms with Gasteiger partial charge in [-0.15, -0.1) is 0 Å². The average molecular weight is 637 g/mol. The third-order valence-corrected chi connectivity index (χ3v) is 10.1. The van der Waals surface area contributed by atoms with Gasteiger partial charge in [0, 0.05) is 38.9 Å². The predicted molar refractivity (Wildman–Crippen MR) is 178 cm³/mol. The van der Waals surface area contributed by atoms with Crippen molar-refractivity contribution in [1.29, 1.82) is 0 Å². The highest BCUT2D eigenvalue weighted by Crippen LogP contribution is 2.31. The topological polar surface area (TPSA) is 119 Å². The summed E-state index contributed by atoms with van der Waals surface area (Å²) < 4.78 is 29.8. The van der Waals surface area contributed by atoms with E-state index in [1.165, 1.54) is 4.31 Å². The van der Waals surface area contributed by atoms with Crippen LogP contribution >= 0.6 is 0 Å². The molecule has 1 saturated heterocycles.